The van der Waals surface area contributed by atoms with Crippen molar-refractivity contribution in [1.29, 1.82) is 0 Å². The van der Waals surface area contributed by atoms with Crippen molar-refractivity contribution in [3.8, 4) is 0 Å². The van der Waals surface area contributed by atoms with Crippen molar-refractivity contribution in [1.82, 2.24) is 24.3 Å². The Bertz CT molecular complexity index is 1000. The van der Waals surface area contributed by atoms with Crippen LogP contribution in [0.1, 0.15) is 37.7 Å². The standard InChI is InChI=1S/C22H29N5OS/c1-16(2)13-18(26-11-9-25(3)10-12-26)20-24-21-19(23-15-29-21)22(28)27(20)14-17-7-5-4-6-8-17/h4-8,15-16,18H,9-14H2,1-3H3. The molecule has 154 valence electrons. The van der Waals surface area contributed by atoms with Gasteiger partial charge in [-0.25, -0.2) is 9.97 Å². The van der Waals surface area contributed by atoms with Crippen molar-refractivity contribution < 1.29 is 0 Å². The zero-order valence-electron chi connectivity index (χ0n) is 17.4. The van der Waals surface area contributed by atoms with Crippen molar-refractivity contribution in [3.63, 3.8) is 0 Å². The molecule has 1 aliphatic heterocycles. The van der Waals surface area contributed by atoms with E-state index in [0.717, 1.165) is 48.8 Å². The zero-order chi connectivity index (χ0) is 20.4. The Labute approximate surface area is 175 Å². The van der Waals surface area contributed by atoms with E-state index in [-0.39, 0.29) is 11.6 Å². The van der Waals surface area contributed by atoms with E-state index in [1.54, 1.807) is 5.51 Å². The normalized spacial score (nSPS) is 17.2. The van der Waals surface area contributed by atoms with E-state index in [9.17, 15) is 4.79 Å². The van der Waals surface area contributed by atoms with Crippen molar-refractivity contribution in [3.05, 3.63) is 57.6 Å². The minimum Gasteiger partial charge on any atom is -0.304 e. The highest BCUT2D eigenvalue weighted by molar-refractivity contribution is 7.16. The molecule has 6 nitrogen and oxygen atoms in total. The number of aromatic nitrogens is 3. The van der Waals surface area contributed by atoms with Gasteiger partial charge in [-0.2, -0.15) is 0 Å². The second-order valence-corrected chi connectivity index (χ2v) is 9.17. The molecule has 3 heterocycles. The Morgan fingerprint density at radius 1 is 1.10 bits per heavy atom. The molecule has 1 aromatic carbocycles. The molecule has 2 aromatic heterocycles. The number of hydrogen-bond donors (Lipinski definition) is 0. The number of piperazine rings is 1. The molecular weight excluding hydrogens is 382 g/mol. The Morgan fingerprint density at radius 3 is 2.52 bits per heavy atom. The summed E-state index contributed by atoms with van der Waals surface area (Å²) in [5.41, 5.74) is 3.28. The summed E-state index contributed by atoms with van der Waals surface area (Å²) < 4.78 is 1.86. The molecule has 0 bridgehead atoms. The van der Waals surface area contributed by atoms with Gasteiger partial charge in [0.15, 0.2) is 10.3 Å². The maximum atomic E-state index is 13.4. The monoisotopic (exact) mass is 411 g/mol. The first-order chi connectivity index (χ1) is 14.0. The highest BCUT2D eigenvalue weighted by atomic mass is 32.1. The highest BCUT2D eigenvalue weighted by Crippen LogP contribution is 2.29. The third-order valence-electron chi connectivity index (χ3n) is 5.64. The van der Waals surface area contributed by atoms with Gasteiger partial charge in [0.1, 0.15) is 5.82 Å². The molecule has 29 heavy (non-hydrogen) atoms. The van der Waals surface area contributed by atoms with Crippen molar-refractivity contribution >= 4 is 21.7 Å². The van der Waals surface area contributed by atoms with Gasteiger partial charge in [-0.1, -0.05) is 44.2 Å². The molecule has 1 aliphatic rings. The average molecular weight is 412 g/mol. The molecule has 1 fully saturated rings. The van der Waals surface area contributed by atoms with Crippen LogP contribution in [-0.2, 0) is 6.54 Å². The Balaban J connectivity index is 1.82. The van der Waals surface area contributed by atoms with E-state index in [1.807, 2.05) is 22.8 Å². The number of thiazole rings is 1. The van der Waals surface area contributed by atoms with Crippen LogP contribution in [0.2, 0.25) is 0 Å². The fourth-order valence-electron chi connectivity index (χ4n) is 4.03. The highest BCUT2D eigenvalue weighted by Gasteiger charge is 2.29. The molecule has 1 atom stereocenters. The second-order valence-electron chi connectivity index (χ2n) is 8.34. The molecule has 1 saturated heterocycles. The second kappa shape index (κ2) is 8.73. The quantitative estimate of drug-likeness (QED) is 0.623. The van der Waals surface area contributed by atoms with Crippen molar-refractivity contribution in [2.24, 2.45) is 5.92 Å². The number of likely N-dealkylation sites (N-methyl/N-ethyl adjacent to an activating group) is 1. The van der Waals surface area contributed by atoms with E-state index in [2.05, 4.69) is 47.8 Å². The number of benzene rings is 1. The number of nitrogens with zero attached hydrogens (tertiary/aromatic N) is 5. The lowest BCUT2D eigenvalue weighted by atomic mass is 10.0. The van der Waals surface area contributed by atoms with Crippen LogP contribution in [0.5, 0.6) is 0 Å². The molecule has 7 heteroatoms. The van der Waals surface area contributed by atoms with Crippen LogP contribution in [-0.4, -0.2) is 57.6 Å². The summed E-state index contributed by atoms with van der Waals surface area (Å²) in [6.07, 6.45) is 0.981. The van der Waals surface area contributed by atoms with Crippen molar-refractivity contribution in [2.45, 2.75) is 32.9 Å². The van der Waals surface area contributed by atoms with E-state index in [1.165, 1.54) is 11.3 Å². The zero-order valence-corrected chi connectivity index (χ0v) is 18.2. The molecule has 0 radical (unpaired) electrons. The van der Waals surface area contributed by atoms with Crippen LogP contribution in [0.3, 0.4) is 0 Å². The fraction of sp³-hybridized carbons (Fsp3) is 0.500. The predicted molar refractivity (Wildman–Crippen MR) is 118 cm³/mol. The molecule has 4 rings (SSSR count). The maximum Gasteiger partial charge on any atom is 0.281 e. The van der Waals surface area contributed by atoms with Gasteiger partial charge in [-0.15, -0.1) is 11.3 Å². The van der Waals surface area contributed by atoms with Crippen LogP contribution >= 0.6 is 11.3 Å². The maximum absolute atomic E-state index is 13.4. The third kappa shape index (κ3) is 4.42. The topological polar surface area (TPSA) is 54.3 Å². The summed E-state index contributed by atoms with van der Waals surface area (Å²) in [6.45, 7) is 9.09. The van der Waals surface area contributed by atoms with Crippen LogP contribution in [0.15, 0.2) is 40.6 Å². The lowest BCUT2D eigenvalue weighted by Gasteiger charge is -2.39. The lowest BCUT2D eigenvalue weighted by Crippen LogP contribution is -2.47. The molecule has 1 unspecified atom stereocenters. The predicted octanol–water partition coefficient (Wildman–Crippen LogP) is 3.24. The minimum atomic E-state index is -0.0296. The summed E-state index contributed by atoms with van der Waals surface area (Å²) >= 11 is 1.45. The average Bonchev–Trinajstić information content (AvgIpc) is 3.19. The number of hydrogen-bond acceptors (Lipinski definition) is 6. The van der Waals surface area contributed by atoms with Gasteiger partial charge in [0.05, 0.1) is 18.1 Å². The van der Waals surface area contributed by atoms with E-state index < -0.39 is 0 Å². The minimum absolute atomic E-state index is 0.0296. The van der Waals surface area contributed by atoms with E-state index >= 15 is 0 Å². The first-order valence-corrected chi connectivity index (χ1v) is 11.2. The summed E-state index contributed by atoms with van der Waals surface area (Å²) in [4.78, 5) is 28.3. The lowest BCUT2D eigenvalue weighted by molar-refractivity contribution is 0.0935. The van der Waals surface area contributed by atoms with Gasteiger partial charge in [-0.05, 0) is 24.9 Å². The molecule has 0 aliphatic carbocycles. The summed E-state index contributed by atoms with van der Waals surface area (Å²) in [5.74, 6) is 1.40. The molecule has 0 saturated carbocycles. The van der Waals surface area contributed by atoms with Crippen LogP contribution < -0.4 is 5.56 Å². The molecule has 3 aromatic rings. The number of fused-ring (bicyclic) bond motifs is 1. The molecule has 0 spiro atoms. The van der Waals surface area contributed by atoms with Crippen LogP contribution in [0, 0.1) is 5.92 Å². The van der Waals surface area contributed by atoms with Crippen molar-refractivity contribution in [2.75, 3.05) is 33.2 Å². The Hall–Kier alpha value is -2.09. The third-order valence-corrected chi connectivity index (χ3v) is 6.36. The summed E-state index contributed by atoms with van der Waals surface area (Å²) in [5, 5.41) is 0. The smallest absolute Gasteiger partial charge is 0.281 e. The Morgan fingerprint density at radius 2 is 1.83 bits per heavy atom. The summed E-state index contributed by atoms with van der Waals surface area (Å²) in [7, 11) is 2.17. The Kier molecular flexibility index (Phi) is 6.08. The number of rotatable bonds is 6. The molecular formula is C22H29N5OS. The van der Waals surface area contributed by atoms with E-state index in [0.29, 0.717) is 18.0 Å². The largest absolute Gasteiger partial charge is 0.304 e. The molecule has 0 N–H and O–H groups in total. The molecule has 0 amide bonds. The van der Waals surface area contributed by atoms with E-state index in [4.69, 9.17) is 4.98 Å². The van der Waals surface area contributed by atoms with Gasteiger partial charge in [0, 0.05) is 26.2 Å². The van der Waals surface area contributed by atoms with Gasteiger partial charge < -0.3 is 4.90 Å². The SMILES string of the molecule is CC(C)CC(c1nc2scnc2c(=O)n1Cc1ccccc1)N1CCN(C)CC1. The van der Waals surface area contributed by atoms with Gasteiger partial charge in [-0.3, -0.25) is 14.3 Å². The fourth-order valence-corrected chi connectivity index (χ4v) is 4.69. The summed E-state index contributed by atoms with van der Waals surface area (Å²) in [6, 6.07) is 10.3. The first kappa shape index (κ1) is 20.2. The van der Waals surface area contributed by atoms with Gasteiger partial charge in [0.2, 0.25) is 0 Å². The van der Waals surface area contributed by atoms with Crippen LogP contribution in [0.4, 0.5) is 0 Å². The van der Waals surface area contributed by atoms with Gasteiger partial charge in [0.25, 0.3) is 5.56 Å². The van der Waals surface area contributed by atoms with Gasteiger partial charge >= 0.3 is 0 Å². The van der Waals surface area contributed by atoms with Crippen LogP contribution in [0.25, 0.3) is 10.3 Å². The first-order valence-electron chi connectivity index (χ1n) is 10.3.